The number of nitrogens with one attached hydrogen (secondary N) is 2. The average Bonchev–Trinajstić information content (AvgIpc) is 2.88. The SMILES string of the molecule is Cc1c(N2CCN[C@@H](C)C2)ccc2c3c(c(=O)oc12)CN(C(=O)c1ccc(NS(C)(=O)=O)c(OC(F)(F)F)c1)CC3.Cl. The number of benzene rings is 2. The molecule has 2 aliphatic rings. The Hall–Kier alpha value is -3.49. The van der Waals surface area contributed by atoms with Crippen molar-refractivity contribution in [2.45, 2.75) is 39.2 Å². The number of carbonyl (C=O) groups excluding carboxylic acids is 1. The molecule has 3 aromatic rings. The lowest BCUT2D eigenvalue weighted by molar-refractivity contribution is -0.274. The van der Waals surface area contributed by atoms with E-state index in [9.17, 15) is 31.2 Å². The van der Waals surface area contributed by atoms with Crippen LogP contribution < -0.4 is 25.3 Å². The third-order valence-electron chi connectivity index (χ3n) is 7.23. The highest BCUT2D eigenvalue weighted by Crippen LogP contribution is 2.35. The van der Waals surface area contributed by atoms with Crippen molar-refractivity contribution in [2.75, 3.05) is 42.1 Å². The smallest absolute Gasteiger partial charge is 0.422 e. The quantitative estimate of drug-likeness (QED) is 0.409. The van der Waals surface area contributed by atoms with Gasteiger partial charge in [-0.15, -0.1) is 25.6 Å². The molecule has 0 aliphatic carbocycles. The van der Waals surface area contributed by atoms with Gasteiger partial charge in [0.15, 0.2) is 5.75 Å². The van der Waals surface area contributed by atoms with Gasteiger partial charge in [0.25, 0.3) is 5.91 Å². The number of aryl methyl sites for hydroxylation is 1. The van der Waals surface area contributed by atoms with Crippen molar-refractivity contribution in [1.29, 1.82) is 0 Å². The Bertz CT molecular complexity index is 1700. The molecule has 10 nitrogen and oxygen atoms in total. The molecule has 0 unspecified atom stereocenters. The molecule has 0 saturated carbocycles. The first-order chi connectivity index (χ1) is 19.2. The van der Waals surface area contributed by atoms with Crippen LogP contribution in [0.15, 0.2) is 39.5 Å². The van der Waals surface area contributed by atoms with E-state index in [0.29, 0.717) is 23.6 Å². The molecule has 1 aromatic heterocycles. The van der Waals surface area contributed by atoms with E-state index in [0.717, 1.165) is 60.2 Å². The van der Waals surface area contributed by atoms with E-state index < -0.39 is 39.4 Å². The van der Waals surface area contributed by atoms with Gasteiger partial charge in [-0.1, -0.05) is 0 Å². The van der Waals surface area contributed by atoms with Crippen LogP contribution >= 0.6 is 12.4 Å². The summed E-state index contributed by atoms with van der Waals surface area (Å²) in [4.78, 5) is 30.0. The predicted molar refractivity (Wildman–Crippen MR) is 154 cm³/mol. The minimum atomic E-state index is -5.12. The maximum Gasteiger partial charge on any atom is 0.573 e. The minimum absolute atomic E-state index is 0. The minimum Gasteiger partial charge on any atom is -0.422 e. The first-order valence-corrected chi connectivity index (χ1v) is 14.8. The number of sulfonamides is 1. The highest BCUT2D eigenvalue weighted by Gasteiger charge is 2.34. The molecular weight excluding hydrogens is 601 g/mol. The summed E-state index contributed by atoms with van der Waals surface area (Å²) in [7, 11) is -3.92. The first-order valence-electron chi connectivity index (χ1n) is 12.9. The van der Waals surface area contributed by atoms with E-state index in [1.807, 2.05) is 23.8 Å². The van der Waals surface area contributed by atoms with E-state index in [1.165, 1.54) is 11.0 Å². The molecule has 5 rings (SSSR count). The van der Waals surface area contributed by atoms with E-state index >= 15 is 0 Å². The van der Waals surface area contributed by atoms with Crippen molar-refractivity contribution in [3.63, 3.8) is 0 Å². The van der Waals surface area contributed by atoms with Gasteiger partial charge in [-0.3, -0.25) is 9.52 Å². The average molecular weight is 631 g/mol. The van der Waals surface area contributed by atoms with Gasteiger partial charge in [0.2, 0.25) is 10.0 Å². The fraction of sp³-hybridized carbons (Fsp3) is 0.407. The van der Waals surface area contributed by atoms with Gasteiger partial charge >= 0.3 is 12.0 Å². The summed E-state index contributed by atoms with van der Waals surface area (Å²) in [6.07, 6.45) is -4.01. The second-order valence-corrected chi connectivity index (χ2v) is 12.1. The number of anilines is 2. The predicted octanol–water partition coefficient (Wildman–Crippen LogP) is 3.79. The fourth-order valence-electron chi connectivity index (χ4n) is 5.45. The molecule has 3 heterocycles. The van der Waals surface area contributed by atoms with Crippen molar-refractivity contribution in [3.05, 3.63) is 63.0 Å². The number of halogens is 4. The zero-order valence-corrected chi connectivity index (χ0v) is 24.6. The molecular formula is C27H30ClF3N4O6S. The lowest BCUT2D eigenvalue weighted by atomic mass is 9.95. The van der Waals surface area contributed by atoms with Crippen LogP contribution in [0.4, 0.5) is 24.5 Å². The number of rotatable bonds is 5. The van der Waals surface area contributed by atoms with Crippen LogP contribution in [0.1, 0.15) is 34.0 Å². The Morgan fingerprint density at radius 1 is 1.17 bits per heavy atom. The molecule has 2 N–H and O–H groups in total. The van der Waals surface area contributed by atoms with E-state index in [4.69, 9.17) is 4.42 Å². The number of alkyl halides is 3. The largest absolute Gasteiger partial charge is 0.573 e. The monoisotopic (exact) mass is 630 g/mol. The molecule has 2 aromatic carbocycles. The Balaban J connectivity index is 0.00000405. The molecule has 42 heavy (non-hydrogen) atoms. The molecule has 1 saturated heterocycles. The lowest BCUT2D eigenvalue weighted by Crippen LogP contribution is -2.49. The summed E-state index contributed by atoms with van der Waals surface area (Å²) in [6.45, 7) is 6.63. The highest BCUT2D eigenvalue weighted by atomic mass is 35.5. The van der Waals surface area contributed by atoms with Crippen LogP contribution in [-0.2, 0) is 23.0 Å². The summed E-state index contributed by atoms with van der Waals surface area (Å²) >= 11 is 0. The number of nitrogens with zero attached hydrogens (tertiary/aromatic N) is 2. The fourth-order valence-corrected chi connectivity index (χ4v) is 6.02. The molecule has 1 amide bonds. The second kappa shape index (κ2) is 11.7. The zero-order valence-electron chi connectivity index (χ0n) is 23.0. The number of hydrogen-bond acceptors (Lipinski definition) is 8. The topological polar surface area (TPSA) is 121 Å². The maximum atomic E-state index is 13.3. The summed E-state index contributed by atoms with van der Waals surface area (Å²) in [5.74, 6) is -1.52. The van der Waals surface area contributed by atoms with Crippen molar-refractivity contribution >= 4 is 50.7 Å². The van der Waals surface area contributed by atoms with Crippen LogP contribution in [-0.4, -0.2) is 64.1 Å². The van der Waals surface area contributed by atoms with Crippen molar-refractivity contribution in [3.8, 4) is 5.75 Å². The van der Waals surface area contributed by atoms with Crippen molar-refractivity contribution in [1.82, 2.24) is 10.2 Å². The third-order valence-corrected chi connectivity index (χ3v) is 7.83. The van der Waals surface area contributed by atoms with E-state index in [-0.39, 0.29) is 31.1 Å². The Kier molecular flexibility index (Phi) is 8.72. The number of carbonyl (C=O) groups is 1. The summed E-state index contributed by atoms with van der Waals surface area (Å²) < 4.78 is 73.9. The summed E-state index contributed by atoms with van der Waals surface area (Å²) in [5, 5.41) is 4.19. The highest BCUT2D eigenvalue weighted by molar-refractivity contribution is 7.92. The van der Waals surface area contributed by atoms with Crippen LogP contribution in [0.3, 0.4) is 0 Å². The molecule has 0 radical (unpaired) electrons. The lowest BCUT2D eigenvalue weighted by Gasteiger charge is -2.35. The van der Waals surface area contributed by atoms with Crippen LogP contribution in [0.25, 0.3) is 11.0 Å². The van der Waals surface area contributed by atoms with Crippen LogP contribution in [0, 0.1) is 6.92 Å². The van der Waals surface area contributed by atoms with Gasteiger partial charge in [0.05, 0.1) is 24.1 Å². The molecule has 1 fully saturated rings. The number of amides is 1. The van der Waals surface area contributed by atoms with Gasteiger partial charge in [0.1, 0.15) is 5.58 Å². The van der Waals surface area contributed by atoms with E-state index in [2.05, 4.69) is 21.9 Å². The number of hydrogen-bond donors (Lipinski definition) is 2. The molecule has 228 valence electrons. The normalized spacial score (nSPS) is 17.4. The first kappa shape index (κ1) is 31.4. The number of piperazine rings is 1. The van der Waals surface area contributed by atoms with Crippen LogP contribution in [0.2, 0.25) is 0 Å². The molecule has 1 atom stereocenters. The molecule has 15 heteroatoms. The second-order valence-electron chi connectivity index (χ2n) is 10.3. The van der Waals surface area contributed by atoms with Crippen molar-refractivity contribution < 1.29 is 35.5 Å². The standard InChI is InChI=1S/C27H29F3N4O6S.ClH/c1-15-13-33(11-9-31-15)22-7-5-19-18-8-10-34(14-20(18)26(36)39-24(19)16(22)2)25(35)17-4-6-21(32-41(3,37)38)23(12-17)40-27(28,29)30;/h4-7,12,15,31-32H,8-11,13-14H2,1-3H3;1H/t15-;/m0./s1. The molecule has 0 bridgehead atoms. The Morgan fingerprint density at radius 2 is 1.90 bits per heavy atom. The van der Waals surface area contributed by atoms with E-state index in [1.54, 1.807) is 0 Å². The van der Waals surface area contributed by atoms with Gasteiger partial charge in [0, 0.05) is 54.4 Å². The van der Waals surface area contributed by atoms with Crippen molar-refractivity contribution in [2.24, 2.45) is 0 Å². The molecule has 0 spiro atoms. The maximum absolute atomic E-state index is 13.3. The zero-order chi connectivity index (χ0) is 29.7. The third kappa shape index (κ3) is 6.60. The number of fused-ring (bicyclic) bond motifs is 3. The molecule has 2 aliphatic heterocycles. The van der Waals surface area contributed by atoms with Crippen LogP contribution in [0.5, 0.6) is 5.75 Å². The number of ether oxygens (including phenoxy) is 1. The summed E-state index contributed by atoms with van der Waals surface area (Å²) in [6, 6.07) is 7.30. The van der Waals surface area contributed by atoms with Gasteiger partial charge < -0.3 is 24.3 Å². The Labute approximate surface area is 246 Å². The summed E-state index contributed by atoms with van der Waals surface area (Å²) in [5.41, 5.74) is 2.22. The van der Waals surface area contributed by atoms with Gasteiger partial charge in [-0.25, -0.2) is 13.2 Å². The van der Waals surface area contributed by atoms with Gasteiger partial charge in [-0.2, -0.15) is 0 Å². The Morgan fingerprint density at radius 3 is 2.57 bits per heavy atom. The van der Waals surface area contributed by atoms with Gasteiger partial charge in [-0.05, 0) is 56.2 Å².